The van der Waals surface area contributed by atoms with Gasteiger partial charge in [-0.15, -0.1) is 0 Å². The van der Waals surface area contributed by atoms with E-state index in [0.29, 0.717) is 44.9 Å². The predicted molar refractivity (Wildman–Crippen MR) is 118 cm³/mol. The molecule has 1 aromatic heterocycles. The van der Waals surface area contributed by atoms with Gasteiger partial charge in [-0.1, -0.05) is 53.5 Å². The molecule has 4 aromatic rings. The van der Waals surface area contributed by atoms with Crippen molar-refractivity contribution in [1.29, 1.82) is 0 Å². The highest BCUT2D eigenvalue weighted by molar-refractivity contribution is 7.89. The largest absolute Gasteiger partial charge is 0.440 e. The van der Waals surface area contributed by atoms with Gasteiger partial charge in [-0.3, -0.25) is 0 Å². The van der Waals surface area contributed by atoms with Crippen LogP contribution in [0.3, 0.4) is 0 Å². The van der Waals surface area contributed by atoms with Crippen LogP contribution in [-0.2, 0) is 16.4 Å². The standard InChI is InChI=1S/C22H16Cl2N2O3S/c23-17-11-16(12-18(24)13-17)21-22(15-6-8-19(9-7-15)30(25,27)28)29-20(26-21)10-14-4-2-1-3-5-14/h1-9,11-13H,10H2,(H2,25,27,28). The number of rotatable bonds is 5. The van der Waals surface area contributed by atoms with Gasteiger partial charge in [-0.2, -0.15) is 0 Å². The Kier molecular flexibility index (Phi) is 5.66. The van der Waals surface area contributed by atoms with E-state index in [1.165, 1.54) is 12.1 Å². The Labute approximate surface area is 184 Å². The molecule has 0 aliphatic carbocycles. The van der Waals surface area contributed by atoms with Crippen LogP contribution in [0.4, 0.5) is 0 Å². The van der Waals surface area contributed by atoms with E-state index >= 15 is 0 Å². The second-order valence-corrected chi connectivity index (χ2v) is 9.11. The molecule has 0 spiro atoms. The van der Waals surface area contributed by atoms with Gasteiger partial charge in [-0.25, -0.2) is 18.5 Å². The molecule has 0 aliphatic heterocycles. The zero-order valence-electron chi connectivity index (χ0n) is 15.5. The zero-order valence-corrected chi connectivity index (χ0v) is 17.9. The second kappa shape index (κ2) is 8.24. The van der Waals surface area contributed by atoms with Gasteiger partial charge in [0.05, 0.1) is 4.90 Å². The van der Waals surface area contributed by atoms with Gasteiger partial charge < -0.3 is 4.42 Å². The molecule has 2 N–H and O–H groups in total. The Morgan fingerprint density at radius 3 is 2.10 bits per heavy atom. The highest BCUT2D eigenvalue weighted by atomic mass is 35.5. The summed E-state index contributed by atoms with van der Waals surface area (Å²) in [5.74, 6) is 0.998. The van der Waals surface area contributed by atoms with E-state index < -0.39 is 10.0 Å². The Morgan fingerprint density at radius 1 is 0.867 bits per heavy atom. The molecule has 0 saturated carbocycles. The number of nitrogens with zero attached hydrogens (tertiary/aromatic N) is 1. The Bertz CT molecular complexity index is 1280. The number of sulfonamides is 1. The summed E-state index contributed by atoms with van der Waals surface area (Å²) in [5.41, 5.74) is 2.96. The molecule has 5 nitrogen and oxygen atoms in total. The van der Waals surface area contributed by atoms with Crippen molar-refractivity contribution in [2.45, 2.75) is 11.3 Å². The van der Waals surface area contributed by atoms with E-state index in [9.17, 15) is 8.42 Å². The van der Waals surface area contributed by atoms with Crippen LogP contribution < -0.4 is 5.14 Å². The number of halogens is 2. The third-order valence-electron chi connectivity index (χ3n) is 4.45. The molecule has 0 atom stereocenters. The first kappa shape index (κ1) is 20.6. The highest BCUT2D eigenvalue weighted by Gasteiger charge is 2.19. The lowest BCUT2D eigenvalue weighted by atomic mass is 10.1. The van der Waals surface area contributed by atoms with Crippen LogP contribution in [-0.4, -0.2) is 13.4 Å². The monoisotopic (exact) mass is 458 g/mol. The third kappa shape index (κ3) is 4.57. The summed E-state index contributed by atoms with van der Waals surface area (Å²) in [7, 11) is -3.79. The first-order valence-corrected chi connectivity index (χ1v) is 11.2. The number of benzene rings is 3. The molecule has 8 heteroatoms. The van der Waals surface area contributed by atoms with Crippen molar-refractivity contribution in [1.82, 2.24) is 4.98 Å². The zero-order chi connectivity index (χ0) is 21.3. The van der Waals surface area contributed by atoms with Crippen molar-refractivity contribution in [3.8, 4) is 22.6 Å². The minimum Gasteiger partial charge on any atom is -0.440 e. The van der Waals surface area contributed by atoms with Crippen LogP contribution >= 0.6 is 23.2 Å². The number of aromatic nitrogens is 1. The quantitative estimate of drug-likeness (QED) is 0.424. The smallest absolute Gasteiger partial charge is 0.238 e. The second-order valence-electron chi connectivity index (χ2n) is 6.68. The molecule has 0 amide bonds. The maximum Gasteiger partial charge on any atom is 0.238 e. The Balaban J connectivity index is 1.83. The van der Waals surface area contributed by atoms with Gasteiger partial charge in [0.25, 0.3) is 0 Å². The average molecular weight is 459 g/mol. The van der Waals surface area contributed by atoms with Gasteiger partial charge in [0, 0.05) is 27.6 Å². The molecule has 0 saturated heterocycles. The van der Waals surface area contributed by atoms with Crippen molar-refractivity contribution < 1.29 is 12.8 Å². The van der Waals surface area contributed by atoms with Gasteiger partial charge in [0.2, 0.25) is 10.0 Å². The Hall–Kier alpha value is -2.64. The van der Waals surface area contributed by atoms with Crippen molar-refractivity contribution in [3.05, 3.63) is 94.3 Å². The van der Waals surface area contributed by atoms with Crippen LogP contribution in [0.5, 0.6) is 0 Å². The van der Waals surface area contributed by atoms with Crippen molar-refractivity contribution >= 4 is 33.2 Å². The fraction of sp³-hybridized carbons (Fsp3) is 0.0455. The molecule has 1 heterocycles. The molecular weight excluding hydrogens is 443 g/mol. The average Bonchev–Trinajstić information content (AvgIpc) is 3.11. The van der Waals surface area contributed by atoms with Crippen LogP contribution in [0.2, 0.25) is 10.0 Å². The van der Waals surface area contributed by atoms with E-state index in [1.807, 2.05) is 30.3 Å². The topological polar surface area (TPSA) is 86.2 Å². The SMILES string of the molecule is NS(=O)(=O)c1ccc(-c2oc(Cc3ccccc3)nc2-c2cc(Cl)cc(Cl)c2)cc1. The lowest BCUT2D eigenvalue weighted by Crippen LogP contribution is -2.11. The number of oxazole rings is 1. The third-order valence-corrected chi connectivity index (χ3v) is 5.82. The van der Waals surface area contributed by atoms with Crippen LogP contribution in [0.15, 0.2) is 82.1 Å². The van der Waals surface area contributed by atoms with E-state index in [1.54, 1.807) is 30.3 Å². The van der Waals surface area contributed by atoms with Crippen molar-refractivity contribution in [2.24, 2.45) is 5.14 Å². The number of nitrogens with two attached hydrogens (primary N) is 1. The molecule has 0 unspecified atom stereocenters. The minimum absolute atomic E-state index is 0.0163. The molecule has 0 bridgehead atoms. The van der Waals surface area contributed by atoms with Crippen LogP contribution in [0.25, 0.3) is 22.6 Å². The number of primary sulfonamides is 1. The summed E-state index contributed by atoms with van der Waals surface area (Å²) >= 11 is 12.4. The molecule has 152 valence electrons. The molecule has 0 radical (unpaired) electrons. The maximum atomic E-state index is 11.6. The fourth-order valence-electron chi connectivity index (χ4n) is 3.09. The van der Waals surface area contributed by atoms with E-state index in [2.05, 4.69) is 4.98 Å². The van der Waals surface area contributed by atoms with E-state index in [0.717, 1.165) is 5.56 Å². The number of hydrogen-bond donors (Lipinski definition) is 1. The van der Waals surface area contributed by atoms with Crippen molar-refractivity contribution in [2.75, 3.05) is 0 Å². The van der Waals surface area contributed by atoms with Gasteiger partial charge >= 0.3 is 0 Å². The van der Waals surface area contributed by atoms with E-state index in [4.69, 9.17) is 32.8 Å². The Morgan fingerprint density at radius 2 is 1.50 bits per heavy atom. The fourth-order valence-corrected chi connectivity index (χ4v) is 4.13. The summed E-state index contributed by atoms with van der Waals surface area (Å²) < 4.78 is 29.2. The van der Waals surface area contributed by atoms with E-state index in [-0.39, 0.29) is 4.90 Å². The van der Waals surface area contributed by atoms with Crippen LogP contribution in [0, 0.1) is 0 Å². The summed E-state index contributed by atoms with van der Waals surface area (Å²) in [6, 6.07) is 21.1. The normalized spacial score (nSPS) is 11.6. The summed E-state index contributed by atoms with van der Waals surface area (Å²) in [4.78, 5) is 4.69. The molecule has 0 fully saturated rings. The van der Waals surface area contributed by atoms with Gasteiger partial charge in [-0.05, 0) is 48.0 Å². The van der Waals surface area contributed by atoms with Crippen molar-refractivity contribution in [3.63, 3.8) is 0 Å². The van der Waals surface area contributed by atoms with Gasteiger partial charge in [0.1, 0.15) is 5.69 Å². The maximum absolute atomic E-state index is 11.6. The lowest BCUT2D eigenvalue weighted by molar-refractivity contribution is 0.519. The number of hydrogen-bond acceptors (Lipinski definition) is 4. The summed E-state index contributed by atoms with van der Waals surface area (Å²) in [6.07, 6.45) is 0.497. The first-order chi connectivity index (χ1) is 14.3. The molecular formula is C22H16Cl2N2O3S. The highest BCUT2D eigenvalue weighted by Crippen LogP contribution is 2.36. The molecule has 30 heavy (non-hydrogen) atoms. The minimum atomic E-state index is -3.79. The molecule has 0 aliphatic rings. The van der Waals surface area contributed by atoms with Crippen LogP contribution in [0.1, 0.15) is 11.5 Å². The summed E-state index contributed by atoms with van der Waals surface area (Å²) in [5, 5.41) is 6.14. The molecule has 4 rings (SSSR count). The summed E-state index contributed by atoms with van der Waals surface area (Å²) in [6.45, 7) is 0. The first-order valence-electron chi connectivity index (χ1n) is 8.93. The lowest BCUT2D eigenvalue weighted by Gasteiger charge is -2.04. The van der Waals surface area contributed by atoms with Gasteiger partial charge in [0.15, 0.2) is 11.7 Å². The predicted octanol–water partition coefficient (Wildman–Crippen LogP) is 5.55. The molecule has 3 aromatic carbocycles.